The summed E-state index contributed by atoms with van der Waals surface area (Å²) < 4.78 is 5.84. The molecule has 2 aromatic rings. The minimum absolute atomic E-state index is 0.0273. The van der Waals surface area contributed by atoms with Crippen molar-refractivity contribution in [2.45, 2.75) is 18.9 Å². The summed E-state index contributed by atoms with van der Waals surface area (Å²) in [5, 5.41) is 0. The molecular weight excluding hydrogens is 328 g/mol. The summed E-state index contributed by atoms with van der Waals surface area (Å²) in [6, 6.07) is 17.2. The van der Waals surface area contributed by atoms with E-state index in [2.05, 4.69) is 0 Å². The molecule has 0 aromatic heterocycles. The van der Waals surface area contributed by atoms with Crippen LogP contribution in [-0.2, 0) is 9.59 Å². The van der Waals surface area contributed by atoms with E-state index in [4.69, 9.17) is 4.74 Å². The summed E-state index contributed by atoms with van der Waals surface area (Å²) in [5.74, 6) is 0.493. The van der Waals surface area contributed by atoms with E-state index in [1.807, 2.05) is 54.6 Å². The van der Waals surface area contributed by atoms with Gasteiger partial charge in [-0.3, -0.25) is 9.59 Å². The highest BCUT2D eigenvalue weighted by atomic mass is 16.5. The van der Waals surface area contributed by atoms with Crippen LogP contribution in [0.3, 0.4) is 0 Å². The molecule has 1 saturated heterocycles. The third kappa shape index (κ3) is 3.87. The van der Waals surface area contributed by atoms with Crippen LogP contribution < -0.4 is 4.74 Å². The number of nitrogens with zero attached hydrogens (tertiary/aromatic N) is 2. The topological polar surface area (TPSA) is 49.9 Å². The molecule has 0 N–H and O–H groups in total. The predicted molar refractivity (Wildman–Crippen MR) is 101 cm³/mol. The van der Waals surface area contributed by atoms with Crippen LogP contribution in [0.5, 0.6) is 5.75 Å². The molecule has 26 heavy (non-hydrogen) atoms. The molecule has 3 rings (SSSR count). The molecule has 0 unspecified atom stereocenters. The Hall–Kier alpha value is -2.82. The van der Waals surface area contributed by atoms with Crippen molar-refractivity contribution in [2.24, 2.45) is 0 Å². The lowest BCUT2D eigenvalue weighted by atomic mass is 10.1. The molecule has 1 aliphatic rings. The summed E-state index contributed by atoms with van der Waals surface area (Å²) in [4.78, 5) is 28.1. The minimum atomic E-state index is -0.370. The van der Waals surface area contributed by atoms with Gasteiger partial charge in [0.05, 0.1) is 0 Å². The highest BCUT2D eigenvalue weighted by Gasteiger charge is 2.34. The van der Waals surface area contributed by atoms with Gasteiger partial charge in [-0.2, -0.15) is 0 Å². The Kier molecular flexibility index (Phi) is 5.56. The first kappa shape index (κ1) is 18.0. The predicted octanol–water partition coefficient (Wildman–Crippen LogP) is 2.81. The number of carbonyl (C=O) groups is 2. The standard InChI is InChI=1S/C21H24N2O3/c1-22(2)21(25)18-12-8-14-23(18)20(24)15-26-19-13-7-6-11-17(19)16-9-4-3-5-10-16/h3-7,9-11,13,18H,8,12,14-15H2,1-2H3/t18-/m0/s1. The van der Waals surface area contributed by atoms with Gasteiger partial charge in [-0.25, -0.2) is 0 Å². The maximum Gasteiger partial charge on any atom is 0.261 e. The minimum Gasteiger partial charge on any atom is -0.483 e. The fraction of sp³-hybridized carbons (Fsp3) is 0.333. The molecular formula is C21H24N2O3. The zero-order chi connectivity index (χ0) is 18.5. The molecule has 5 nitrogen and oxygen atoms in total. The molecule has 1 aliphatic heterocycles. The van der Waals surface area contributed by atoms with E-state index in [1.165, 1.54) is 0 Å². The van der Waals surface area contributed by atoms with Crippen molar-refractivity contribution in [1.82, 2.24) is 9.80 Å². The molecule has 5 heteroatoms. The maximum absolute atomic E-state index is 12.6. The second kappa shape index (κ2) is 8.04. The van der Waals surface area contributed by atoms with Crippen molar-refractivity contribution in [3.63, 3.8) is 0 Å². The molecule has 2 amide bonds. The summed E-state index contributed by atoms with van der Waals surface area (Å²) in [7, 11) is 3.44. The van der Waals surface area contributed by atoms with Gasteiger partial charge >= 0.3 is 0 Å². The fourth-order valence-corrected chi connectivity index (χ4v) is 3.29. The molecule has 0 aliphatic carbocycles. The third-order valence-corrected chi connectivity index (χ3v) is 4.62. The van der Waals surface area contributed by atoms with Gasteiger partial charge in [0.15, 0.2) is 6.61 Å². The van der Waals surface area contributed by atoms with Gasteiger partial charge in [-0.15, -0.1) is 0 Å². The van der Waals surface area contributed by atoms with Crippen LogP contribution in [0.2, 0.25) is 0 Å². The van der Waals surface area contributed by atoms with Crippen LogP contribution >= 0.6 is 0 Å². The number of hydrogen-bond acceptors (Lipinski definition) is 3. The number of ether oxygens (including phenoxy) is 1. The highest BCUT2D eigenvalue weighted by Crippen LogP contribution is 2.29. The van der Waals surface area contributed by atoms with Gasteiger partial charge in [-0.1, -0.05) is 48.5 Å². The Labute approximate surface area is 154 Å². The Bertz CT molecular complexity index is 774. The molecule has 1 fully saturated rings. The normalized spacial score (nSPS) is 16.4. The molecule has 1 atom stereocenters. The Morgan fingerprint density at radius 1 is 1.08 bits per heavy atom. The van der Waals surface area contributed by atoms with E-state index in [-0.39, 0.29) is 24.5 Å². The van der Waals surface area contributed by atoms with Crippen molar-refractivity contribution < 1.29 is 14.3 Å². The molecule has 1 heterocycles. The van der Waals surface area contributed by atoms with Crippen LogP contribution in [0.15, 0.2) is 54.6 Å². The van der Waals surface area contributed by atoms with Gasteiger partial charge in [0.25, 0.3) is 5.91 Å². The SMILES string of the molecule is CN(C)C(=O)[C@@H]1CCCN1C(=O)COc1ccccc1-c1ccccc1. The van der Waals surface area contributed by atoms with Gasteiger partial charge < -0.3 is 14.5 Å². The monoisotopic (exact) mass is 352 g/mol. The van der Waals surface area contributed by atoms with Crippen molar-refractivity contribution in [3.05, 3.63) is 54.6 Å². The smallest absolute Gasteiger partial charge is 0.261 e. The number of likely N-dealkylation sites (N-methyl/N-ethyl adjacent to an activating group) is 1. The molecule has 136 valence electrons. The second-order valence-electron chi connectivity index (χ2n) is 6.63. The first-order chi connectivity index (χ1) is 12.6. The van der Waals surface area contributed by atoms with Crippen molar-refractivity contribution in [1.29, 1.82) is 0 Å². The summed E-state index contributed by atoms with van der Waals surface area (Å²) in [6.07, 6.45) is 1.56. The summed E-state index contributed by atoms with van der Waals surface area (Å²) in [5.41, 5.74) is 1.99. The number of para-hydroxylation sites is 1. The van der Waals surface area contributed by atoms with E-state index in [9.17, 15) is 9.59 Å². The number of hydrogen-bond donors (Lipinski definition) is 0. The second-order valence-corrected chi connectivity index (χ2v) is 6.63. The van der Waals surface area contributed by atoms with E-state index < -0.39 is 0 Å². The van der Waals surface area contributed by atoms with Crippen molar-refractivity contribution >= 4 is 11.8 Å². The molecule has 0 radical (unpaired) electrons. The highest BCUT2D eigenvalue weighted by molar-refractivity contribution is 5.88. The van der Waals surface area contributed by atoms with E-state index in [0.717, 1.165) is 17.5 Å². The summed E-state index contributed by atoms with van der Waals surface area (Å²) in [6.45, 7) is 0.536. The van der Waals surface area contributed by atoms with Crippen LogP contribution in [0.4, 0.5) is 0 Å². The van der Waals surface area contributed by atoms with Crippen LogP contribution in [-0.4, -0.2) is 54.9 Å². The maximum atomic E-state index is 12.6. The Morgan fingerprint density at radius 2 is 1.77 bits per heavy atom. The first-order valence-electron chi connectivity index (χ1n) is 8.86. The number of rotatable bonds is 5. The van der Waals surface area contributed by atoms with Crippen LogP contribution in [0.25, 0.3) is 11.1 Å². The molecule has 0 bridgehead atoms. The number of benzene rings is 2. The number of carbonyl (C=O) groups excluding carboxylic acids is 2. The molecule has 0 saturated carbocycles. The average molecular weight is 352 g/mol. The van der Waals surface area contributed by atoms with Crippen LogP contribution in [0.1, 0.15) is 12.8 Å². The van der Waals surface area contributed by atoms with E-state index >= 15 is 0 Å². The number of likely N-dealkylation sites (tertiary alicyclic amines) is 1. The largest absolute Gasteiger partial charge is 0.483 e. The van der Waals surface area contributed by atoms with Gasteiger partial charge in [0, 0.05) is 26.2 Å². The van der Waals surface area contributed by atoms with Gasteiger partial charge in [-0.05, 0) is 24.5 Å². The van der Waals surface area contributed by atoms with E-state index in [1.54, 1.807) is 23.9 Å². The molecule has 2 aromatic carbocycles. The van der Waals surface area contributed by atoms with Gasteiger partial charge in [0.2, 0.25) is 5.91 Å². The average Bonchev–Trinajstić information content (AvgIpc) is 3.16. The molecule has 0 spiro atoms. The number of amides is 2. The van der Waals surface area contributed by atoms with Gasteiger partial charge in [0.1, 0.15) is 11.8 Å². The van der Waals surface area contributed by atoms with Crippen molar-refractivity contribution in [3.8, 4) is 16.9 Å². The third-order valence-electron chi connectivity index (χ3n) is 4.62. The quantitative estimate of drug-likeness (QED) is 0.831. The fourth-order valence-electron chi connectivity index (χ4n) is 3.29. The van der Waals surface area contributed by atoms with E-state index in [0.29, 0.717) is 18.7 Å². The lowest BCUT2D eigenvalue weighted by Gasteiger charge is -2.26. The Balaban J connectivity index is 1.70. The Morgan fingerprint density at radius 3 is 2.50 bits per heavy atom. The van der Waals surface area contributed by atoms with Crippen LogP contribution in [0, 0.1) is 0 Å². The zero-order valence-corrected chi connectivity index (χ0v) is 15.2. The summed E-state index contributed by atoms with van der Waals surface area (Å²) >= 11 is 0. The van der Waals surface area contributed by atoms with Crippen molar-refractivity contribution in [2.75, 3.05) is 27.2 Å². The zero-order valence-electron chi connectivity index (χ0n) is 15.2. The first-order valence-corrected chi connectivity index (χ1v) is 8.86. The lowest BCUT2D eigenvalue weighted by molar-refractivity contribution is -0.143. The lowest BCUT2D eigenvalue weighted by Crippen LogP contribution is -2.46.